The molecule has 120 valence electrons. The second-order valence-electron chi connectivity index (χ2n) is 3.91. The monoisotopic (exact) mass is 346 g/mol. The Balaban J connectivity index is -0.000000602. The maximum Gasteiger partial charge on any atom is 2.00 e. The number of hydrogen-bond acceptors (Lipinski definition) is 10. The number of carboxylic acid groups (broad SMARTS) is 4. The smallest absolute Gasteiger partial charge is 0.549 e. The first kappa shape index (κ1) is 21.6. The molecule has 0 rings (SSSR count). The van der Waals surface area contributed by atoms with Crippen molar-refractivity contribution in [2.45, 2.75) is 0 Å². The Morgan fingerprint density at radius 3 is 0.952 bits per heavy atom. The molecular weight excluding hydrogens is 332 g/mol. The molecule has 0 radical (unpaired) electrons. The van der Waals surface area contributed by atoms with Gasteiger partial charge in [0.25, 0.3) is 0 Å². The first-order chi connectivity index (χ1) is 9.20. The molecule has 0 fully saturated rings. The summed E-state index contributed by atoms with van der Waals surface area (Å²) in [7, 11) is 0. The zero-order valence-electron chi connectivity index (χ0n) is 12.8. The molecule has 0 saturated heterocycles. The van der Waals surface area contributed by atoms with Crippen LogP contribution < -0.4 is 20.4 Å². The van der Waals surface area contributed by atoms with Gasteiger partial charge in [-0.1, -0.05) is 0 Å². The third-order valence-corrected chi connectivity index (χ3v) is 2.14. The first-order valence-electron chi connectivity index (χ1n) is 5.44. The van der Waals surface area contributed by atoms with Crippen LogP contribution in [0.5, 0.6) is 0 Å². The minimum absolute atomic E-state index is 0. The van der Waals surface area contributed by atoms with Crippen molar-refractivity contribution in [1.29, 1.82) is 0 Å². The summed E-state index contributed by atoms with van der Waals surface area (Å²) < 4.78 is 0. The summed E-state index contributed by atoms with van der Waals surface area (Å²) in [4.78, 5) is 43.4. The molecule has 0 amide bonds. The van der Waals surface area contributed by atoms with E-state index < -0.39 is 50.1 Å². The van der Waals surface area contributed by atoms with E-state index in [4.69, 9.17) is 0 Å². The van der Waals surface area contributed by atoms with Gasteiger partial charge in [0.1, 0.15) is 0 Å². The quantitative estimate of drug-likeness (QED) is 0.328. The maximum atomic E-state index is 10.4. The van der Waals surface area contributed by atoms with Crippen LogP contribution in [0.3, 0.4) is 0 Å². The topological polar surface area (TPSA) is 167 Å². The molecule has 0 saturated carbocycles. The van der Waals surface area contributed by atoms with Crippen LogP contribution >= 0.6 is 0 Å². The summed E-state index contributed by atoms with van der Waals surface area (Å²) in [5, 5.41) is 41.6. The van der Waals surface area contributed by atoms with Gasteiger partial charge < -0.3 is 39.6 Å². The van der Waals surface area contributed by atoms with Gasteiger partial charge in [0.05, 0.1) is 23.9 Å². The van der Waals surface area contributed by atoms with E-state index in [1.54, 1.807) is 0 Å². The molecule has 0 atom stereocenters. The van der Waals surface area contributed by atoms with Gasteiger partial charge in [0.15, 0.2) is 0 Å². The fourth-order valence-corrected chi connectivity index (χ4v) is 1.44. The number of carboxylic acids is 4. The van der Waals surface area contributed by atoms with Gasteiger partial charge in [-0.25, -0.2) is 0 Å². The Kier molecular flexibility index (Phi) is 11.4. The molecule has 0 aromatic rings. The van der Waals surface area contributed by atoms with Crippen LogP contribution in [-0.2, 0) is 36.2 Å². The van der Waals surface area contributed by atoms with Gasteiger partial charge in [-0.2, -0.15) is 0 Å². The summed E-state index contributed by atoms with van der Waals surface area (Å²) in [6.45, 7) is -3.25. The van der Waals surface area contributed by atoms with Crippen LogP contribution in [0.15, 0.2) is 0 Å². The van der Waals surface area contributed by atoms with Crippen molar-refractivity contribution >= 4 is 23.9 Å². The molecule has 0 heterocycles. The Morgan fingerprint density at radius 1 is 0.619 bits per heavy atom. The summed E-state index contributed by atoms with van der Waals surface area (Å²) in [5.41, 5.74) is 0. The number of aliphatic carboxylic acids is 4. The van der Waals surface area contributed by atoms with Crippen molar-refractivity contribution in [2.24, 2.45) is 0 Å². The van der Waals surface area contributed by atoms with Crippen LogP contribution in [0.4, 0.5) is 0 Å². The number of carbonyl (C=O) groups is 4. The third-order valence-electron chi connectivity index (χ3n) is 2.14. The van der Waals surface area contributed by atoms with Crippen molar-refractivity contribution in [3.05, 3.63) is 0 Å². The molecule has 0 aliphatic heterocycles. The minimum Gasteiger partial charge on any atom is -0.549 e. The van der Waals surface area contributed by atoms with Crippen LogP contribution in [0.25, 0.3) is 0 Å². The zero-order chi connectivity index (χ0) is 15.7. The van der Waals surface area contributed by atoms with E-state index in [0.29, 0.717) is 0 Å². The van der Waals surface area contributed by atoms with Gasteiger partial charge >= 0.3 is 19.9 Å². The van der Waals surface area contributed by atoms with Crippen molar-refractivity contribution in [3.8, 4) is 0 Å². The summed E-state index contributed by atoms with van der Waals surface area (Å²) in [5.74, 6) is -6.12. The van der Waals surface area contributed by atoms with Crippen molar-refractivity contribution in [1.82, 2.24) is 9.80 Å². The summed E-state index contributed by atoms with van der Waals surface area (Å²) in [6.07, 6.45) is 0. The van der Waals surface area contributed by atoms with Crippen molar-refractivity contribution < 1.29 is 59.5 Å². The molecule has 0 unspecified atom stereocenters. The minimum atomic E-state index is -1.53. The molecule has 0 bridgehead atoms. The van der Waals surface area contributed by atoms with E-state index in [9.17, 15) is 39.6 Å². The Bertz CT molecular complexity index is 331. The van der Waals surface area contributed by atoms with Gasteiger partial charge in [0.2, 0.25) is 0 Å². The molecule has 0 aromatic carbocycles. The molecule has 0 aliphatic carbocycles. The second kappa shape index (κ2) is 11.0. The molecule has 10 nitrogen and oxygen atoms in total. The Hall–Kier alpha value is -1.68. The van der Waals surface area contributed by atoms with Gasteiger partial charge in [-0.05, 0) is 0 Å². The normalized spacial score (nSPS) is 10.2. The Labute approximate surface area is 133 Å². The third kappa shape index (κ3) is 13.1. The van der Waals surface area contributed by atoms with Crippen molar-refractivity contribution in [3.63, 3.8) is 0 Å². The fourth-order valence-electron chi connectivity index (χ4n) is 1.44. The number of rotatable bonds is 11. The maximum absolute atomic E-state index is 10.4. The van der Waals surface area contributed by atoms with Crippen LogP contribution in [0.2, 0.25) is 0 Å². The summed E-state index contributed by atoms with van der Waals surface area (Å²) >= 11 is 0. The fraction of sp³-hybridized carbons (Fsp3) is 0.600. The van der Waals surface area contributed by atoms with Crippen molar-refractivity contribution in [2.75, 3.05) is 39.3 Å². The average molecular weight is 346 g/mol. The Morgan fingerprint density at radius 2 is 0.810 bits per heavy atom. The van der Waals surface area contributed by atoms with Crippen LogP contribution in [-0.4, -0.2) is 72.9 Å². The second-order valence-corrected chi connectivity index (χ2v) is 3.91. The number of hydrogen-bond donors (Lipinski definition) is 0. The van der Waals surface area contributed by atoms with E-state index in [1.807, 2.05) is 0 Å². The van der Waals surface area contributed by atoms with E-state index in [2.05, 4.69) is 0 Å². The van der Waals surface area contributed by atoms with Crippen LogP contribution in [0.1, 0.15) is 2.85 Å². The van der Waals surface area contributed by atoms with Crippen LogP contribution in [0, 0.1) is 0 Å². The SMILES string of the molecule is O=C([O-])CN(CCN(CC(=O)[O-])CC(=O)[O-])CC(=O)[O-].[Fe+2].[H+].[H+]. The zero-order valence-corrected chi connectivity index (χ0v) is 11.9. The number of nitrogens with zero attached hydrogens (tertiary/aromatic N) is 2. The van der Waals surface area contributed by atoms with E-state index in [-0.39, 0.29) is 33.0 Å². The largest absolute Gasteiger partial charge is 2.00 e. The van der Waals surface area contributed by atoms with E-state index >= 15 is 0 Å². The molecule has 21 heavy (non-hydrogen) atoms. The van der Waals surface area contributed by atoms with E-state index in [1.165, 1.54) is 0 Å². The standard InChI is InChI=1S/C10H16N2O8.Fe/c13-7(14)3-11(4-8(15)16)1-2-12(5-9(17)18)6-10(19)20;/h1-6H2,(H,13,14)(H,15,16)(H,17,18)(H,19,20);/q;+2/p-2. The molecule has 0 aromatic heterocycles. The van der Waals surface area contributed by atoms with E-state index in [0.717, 1.165) is 9.80 Å². The van der Waals surface area contributed by atoms with Gasteiger partial charge in [-0.15, -0.1) is 0 Å². The molecule has 11 heteroatoms. The van der Waals surface area contributed by atoms with Gasteiger partial charge in [-0.3, -0.25) is 9.80 Å². The average Bonchev–Trinajstić information content (AvgIpc) is 2.22. The predicted octanol–water partition coefficient (Wildman–Crippen LogP) is -7.19. The molecular formula is C10H14FeN2O8. The molecule has 0 spiro atoms. The molecule has 0 N–H and O–H groups in total. The number of carbonyl (C=O) groups excluding carboxylic acids is 4. The first-order valence-corrected chi connectivity index (χ1v) is 5.44. The van der Waals surface area contributed by atoms with Gasteiger partial charge in [0, 0.05) is 39.3 Å². The molecule has 0 aliphatic rings. The summed E-state index contributed by atoms with van der Waals surface area (Å²) in [6, 6.07) is 0. The predicted molar refractivity (Wildman–Crippen MR) is 55.1 cm³/mol.